The van der Waals surface area contributed by atoms with Crippen molar-refractivity contribution < 1.29 is 13.9 Å². The zero-order valence-electron chi connectivity index (χ0n) is 12.7. The number of benzene rings is 2. The van der Waals surface area contributed by atoms with Gasteiger partial charge in [-0.1, -0.05) is 6.07 Å². The number of anilines is 1. The van der Waals surface area contributed by atoms with Gasteiger partial charge in [-0.05, 0) is 55.3 Å². The summed E-state index contributed by atoms with van der Waals surface area (Å²) in [6.45, 7) is 3.93. The number of hydrogen-bond acceptors (Lipinski definition) is 3. The van der Waals surface area contributed by atoms with E-state index in [-0.39, 0.29) is 11.9 Å². The predicted octanol–water partition coefficient (Wildman–Crippen LogP) is 4.32. The lowest BCUT2D eigenvalue weighted by Crippen LogP contribution is -2.08. The third-order valence-corrected chi connectivity index (χ3v) is 3.47. The van der Waals surface area contributed by atoms with Gasteiger partial charge in [-0.25, -0.2) is 4.39 Å². The Labute approximate surface area is 124 Å². The Morgan fingerprint density at radius 1 is 1.00 bits per heavy atom. The third-order valence-electron chi connectivity index (χ3n) is 3.47. The normalized spacial score (nSPS) is 11.9. The first-order valence-electron chi connectivity index (χ1n) is 6.79. The summed E-state index contributed by atoms with van der Waals surface area (Å²) < 4.78 is 23.7. The standard InChI is InChI=1S/C17H20FNO2/c1-11-9-14(18)6-7-15(11)19-12(2)13-5-8-16(20-3)17(10-13)21-4/h5-10,12,19H,1-4H3. The summed E-state index contributed by atoms with van der Waals surface area (Å²) in [6, 6.07) is 10.6. The molecule has 0 aromatic heterocycles. The van der Waals surface area contributed by atoms with Crippen molar-refractivity contribution in [2.45, 2.75) is 19.9 Å². The molecule has 1 N–H and O–H groups in total. The van der Waals surface area contributed by atoms with Gasteiger partial charge in [0.25, 0.3) is 0 Å². The molecular weight excluding hydrogens is 269 g/mol. The Bertz CT molecular complexity index is 628. The minimum atomic E-state index is -0.225. The molecule has 0 bridgehead atoms. The van der Waals surface area contributed by atoms with E-state index in [1.807, 2.05) is 32.0 Å². The van der Waals surface area contributed by atoms with Crippen LogP contribution in [0.25, 0.3) is 0 Å². The van der Waals surface area contributed by atoms with Gasteiger partial charge in [-0.2, -0.15) is 0 Å². The smallest absolute Gasteiger partial charge is 0.161 e. The molecule has 112 valence electrons. The van der Waals surface area contributed by atoms with Crippen molar-refractivity contribution in [3.8, 4) is 11.5 Å². The second kappa shape index (κ2) is 6.48. The Kier molecular flexibility index (Phi) is 4.68. The average molecular weight is 289 g/mol. The molecule has 0 heterocycles. The lowest BCUT2D eigenvalue weighted by molar-refractivity contribution is 0.354. The van der Waals surface area contributed by atoms with E-state index in [1.54, 1.807) is 20.3 Å². The van der Waals surface area contributed by atoms with E-state index >= 15 is 0 Å². The second-order valence-corrected chi connectivity index (χ2v) is 4.94. The van der Waals surface area contributed by atoms with E-state index in [0.717, 1.165) is 16.8 Å². The molecule has 0 saturated carbocycles. The first-order chi connectivity index (χ1) is 10.0. The van der Waals surface area contributed by atoms with Gasteiger partial charge in [0.05, 0.1) is 14.2 Å². The molecule has 4 heteroatoms. The molecular formula is C17H20FNO2. The highest BCUT2D eigenvalue weighted by Crippen LogP contribution is 2.31. The maximum Gasteiger partial charge on any atom is 0.161 e. The predicted molar refractivity (Wildman–Crippen MR) is 82.7 cm³/mol. The van der Waals surface area contributed by atoms with E-state index in [0.29, 0.717) is 11.5 Å². The molecule has 1 atom stereocenters. The van der Waals surface area contributed by atoms with Crippen molar-refractivity contribution in [3.63, 3.8) is 0 Å². The molecule has 0 saturated heterocycles. The highest BCUT2D eigenvalue weighted by Gasteiger charge is 2.11. The van der Waals surface area contributed by atoms with Gasteiger partial charge in [0.2, 0.25) is 0 Å². The molecule has 2 aromatic rings. The third kappa shape index (κ3) is 3.45. The lowest BCUT2D eigenvalue weighted by Gasteiger charge is -2.19. The van der Waals surface area contributed by atoms with Crippen LogP contribution in [0.4, 0.5) is 10.1 Å². The van der Waals surface area contributed by atoms with E-state index in [2.05, 4.69) is 5.32 Å². The molecule has 0 spiro atoms. The number of nitrogens with one attached hydrogen (secondary N) is 1. The minimum absolute atomic E-state index is 0.0639. The highest BCUT2D eigenvalue weighted by molar-refractivity contribution is 5.53. The molecule has 21 heavy (non-hydrogen) atoms. The van der Waals surface area contributed by atoms with Crippen molar-refractivity contribution in [1.82, 2.24) is 0 Å². The summed E-state index contributed by atoms with van der Waals surface area (Å²) in [5.41, 5.74) is 2.86. The van der Waals surface area contributed by atoms with Gasteiger partial charge in [0.15, 0.2) is 11.5 Å². The van der Waals surface area contributed by atoms with Crippen LogP contribution in [0, 0.1) is 12.7 Å². The van der Waals surface area contributed by atoms with E-state index in [1.165, 1.54) is 12.1 Å². The van der Waals surface area contributed by atoms with Crippen molar-refractivity contribution in [1.29, 1.82) is 0 Å². The minimum Gasteiger partial charge on any atom is -0.493 e. The van der Waals surface area contributed by atoms with Crippen LogP contribution in [0.2, 0.25) is 0 Å². The Hall–Kier alpha value is -2.23. The Morgan fingerprint density at radius 2 is 1.71 bits per heavy atom. The summed E-state index contributed by atoms with van der Waals surface area (Å²) in [5.74, 6) is 1.17. The largest absolute Gasteiger partial charge is 0.493 e. The van der Waals surface area contributed by atoms with Gasteiger partial charge in [0, 0.05) is 11.7 Å². The monoisotopic (exact) mass is 289 g/mol. The molecule has 0 aliphatic heterocycles. The number of rotatable bonds is 5. The Morgan fingerprint density at radius 3 is 2.33 bits per heavy atom. The van der Waals surface area contributed by atoms with E-state index in [4.69, 9.17) is 9.47 Å². The van der Waals surface area contributed by atoms with Crippen molar-refractivity contribution in [2.75, 3.05) is 19.5 Å². The molecule has 0 radical (unpaired) electrons. The van der Waals surface area contributed by atoms with Crippen LogP contribution in [0.15, 0.2) is 36.4 Å². The van der Waals surface area contributed by atoms with Gasteiger partial charge < -0.3 is 14.8 Å². The number of aryl methyl sites for hydroxylation is 1. The first-order valence-corrected chi connectivity index (χ1v) is 6.79. The second-order valence-electron chi connectivity index (χ2n) is 4.94. The van der Waals surface area contributed by atoms with Gasteiger partial charge in [0.1, 0.15) is 5.82 Å². The van der Waals surface area contributed by atoms with Crippen LogP contribution in [0.5, 0.6) is 11.5 Å². The summed E-state index contributed by atoms with van der Waals surface area (Å²) >= 11 is 0. The fraction of sp³-hybridized carbons (Fsp3) is 0.294. The fourth-order valence-corrected chi connectivity index (χ4v) is 2.23. The molecule has 3 nitrogen and oxygen atoms in total. The first kappa shape index (κ1) is 15.2. The molecule has 0 amide bonds. The molecule has 2 rings (SSSR count). The molecule has 0 aliphatic rings. The van der Waals surface area contributed by atoms with Crippen LogP contribution >= 0.6 is 0 Å². The lowest BCUT2D eigenvalue weighted by atomic mass is 10.1. The van der Waals surface area contributed by atoms with Crippen molar-refractivity contribution >= 4 is 5.69 Å². The highest BCUT2D eigenvalue weighted by atomic mass is 19.1. The van der Waals surface area contributed by atoms with Crippen LogP contribution in [0.3, 0.4) is 0 Å². The van der Waals surface area contributed by atoms with Gasteiger partial charge >= 0.3 is 0 Å². The topological polar surface area (TPSA) is 30.5 Å². The van der Waals surface area contributed by atoms with Crippen molar-refractivity contribution in [3.05, 3.63) is 53.3 Å². The fourth-order valence-electron chi connectivity index (χ4n) is 2.23. The SMILES string of the molecule is COc1ccc(C(C)Nc2ccc(F)cc2C)cc1OC. The summed E-state index contributed by atoms with van der Waals surface area (Å²) in [4.78, 5) is 0. The average Bonchev–Trinajstić information content (AvgIpc) is 2.49. The van der Waals surface area contributed by atoms with E-state index < -0.39 is 0 Å². The van der Waals surface area contributed by atoms with Crippen LogP contribution < -0.4 is 14.8 Å². The van der Waals surface area contributed by atoms with E-state index in [9.17, 15) is 4.39 Å². The van der Waals surface area contributed by atoms with Crippen LogP contribution in [-0.2, 0) is 0 Å². The maximum absolute atomic E-state index is 13.1. The Balaban J connectivity index is 2.21. The zero-order chi connectivity index (χ0) is 15.4. The van der Waals surface area contributed by atoms with Gasteiger partial charge in [-0.15, -0.1) is 0 Å². The number of methoxy groups -OCH3 is 2. The number of hydrogen-bond donors (Lipinski definition) is 1. The van der Waals surface area contributed by atoms with Crippen molar-refractivity contribution in [2.24, 2.45) is 0 Å². The summed E-state index contributed by atoms with van der Waals surface area (Å²) in [7, 11) is 3.23. The van der Waals surface area contributed by atoms with Gasteiger partial charge in [-0.3, -0.25) is 0 Å². The molecule has 2 aromatic carbocycles. The maximum atomic E-state index is 13.1. The summed E-state index contributed by atoms with van der Waals surface area (Å²) in [5, 5.41) is 3.38. The quantitative estimate of drug-likeness (QED) is 0.889. The molecule has 1 unspecified atom stereocenters. The summed E-state index contributed by atoms with van der Waals surface area (Å²) in [6.07, 6.45) is 0. The number of halogens is 1. The van der Waals surface area contributed by atoms with Crippen LogP contribution in [-0.4, -0.2) is 14.2 Å². The number of ether oxygens (including phenoxy) is 2. The molecule has 0 fully saturated rings. The van der Waals surface area contributed by atoms with Crippen LogP contribution in [0.1, 0.15) is 24.1 Å². The zero-order valence-corrected chi connectivity index (χ0v) is 12.7. The molecule has 0 aliphatic carbocycles.